The molecule has 1 N–H and O–H groups in total. The molecule has 2 rings (SSSR count). The van der Waals surface area contributed by atoms with Crippen LogP contribution in [0.2, 0.25) is 0 Å². The number of allylic oxidation sites excluding steroid dienone is 2. The van der Waals surface area contributed by atoms with Crippen molar-refractivity contribution in [2.45, 2.75) is 45.1 Å². The number of carboxylic acids is 1. The molecule has 1 aromatic rings. The fourth-order valence-electron chi connectivity index (χ4n) is 2.27. The minimum Gasteiger partial charge on any atom is -0.478 e. The second-order valence-electron chi connectivity index (χ2n) is 5.74. The highest BCUT2D eigenvalue weighted by Gasteiger charge is 2.26. The Morgan fingerprint density at radius 2 is 2.27 bits per heavy atom. The Bertz CT molecular complexity index is 639. The summed E-state index contributed by atoms with van der Waals surface area (Å²) in [5.41, 5.74) is 0.265. The molecule has 118 valence electrons. The number of carbonyl (C=O) groups is 1. The summed E-state index contributed by atoms with van der Waals surface area (Å²) in [6.07, 6.45) is 7.04. The molecule has 1 aromatic heterocycles. The van der Waals surface area contributed by atoms with E-state index in [1.807, 2.05) is 32.9 Å². The lowest BCUT2D eigenvalue weighted by atomic mass is 9.97. The van der Waals surface area contributed by atoms with E-state index in [-0.39, 0.29) is 11.5 Å². The molecule has 0 saturated heterocycles. The Labute approximate surface area is 135 Å². The summed E-state index contributed by atoms with van der Waals surface area (Å²) in [6.45, 7) is 5.91. The molecule has 22 heavy (non-hydrogen) atoms. The van der Waals surface area contributed by atoms with E-state index in [1.54, 1.807) is 18.2 Å². The van der Waals surface area contributed by atoms with E-state index in [4.69, 9.17) is 16.3 Å². The van der Waals surface area contributed by atoms with Crippen molar-refractivity contribution in [3.05, 3.63) is 46.7 Å². The van der Waals surface area contributed by atoms with E-state index in [0.717, 1.165) is 6.42 Å². The molecule has 0 amide bonds. The van der Waals surface area contributed by atoms with E-state index >= 15 is 0 Å². The van der Waals surface area contributed by atoms with Crippen molar-refractivity contribution in [1.29, 1.82) is 0 Å². The van der Waals surface area contributed by atoms with Gasteiger partial charge in [-0.3, -0.25) is 0 Å². The van der Waals surface area contributed by atoms with Gasteiger partial charge in [-0.15, -0.1) is 0 Å². The van der Waals surface area contributed by atoms with Crippen LogP contribution in [-0.2, 0) is 0 Å². The molecule has 0 aliphatic heterocycles. The van der Waals surface area contributed by atoms with Crippen molar-refractivity contribution in [3.8, 4) is 5.88 Å². The quantitative estimate of drug-likeness (QED) is 0.866. The number of hydrogen-bond donors (Lipinski definition) is 1. The van der Waals surface area contributed by atoms with Crippen molar-refractivity contribution in [2.75, 3.05) is 0 Å². The van der Waals surface area contributed by atoms with Gasteiger partial charge in [0.15, 0.2) is 0 Å². The van der Waals surface area contributed by atoms with Crippen LogP contribution in [0.4, 0.5) is 0 Å². The number of rotatable bonds is 5. The number of carboxylic acid groups (broad SMARTS) is 1. The van der Waals surface area contributed by atoms with Gasteiger partial charge in [-0.25, -0.2) is 9.78 Å². The normalized spacial score (nSPS) is 22.1. The van der Waals surface area contributed by atoms with Crippen molar-refractivity contribution < 1.29 is 14.6 Å². The van der Waals surface area contributed by atoms with Crippen molar-refractivity contribution in [2.24, 2.45) is 0 Å². The van der Waals surface area contributed by atoms with Gasteiger partial charge in [-0.05, 0) is 37.5 Å². The molecule has 5 heteroatoms. The van der Waals surface area contributed by atoms with Crippen molar-refractivity contribution in [3.63, 3.8) is 0 Å². The molecule has 0 spiro atoms. The van der Waals surface area contributed by atoms with Crippen LogP contribution in [0, 0.1) is 0 Å². The van der Waals surface area contributed by atoms with E-state index in [9.17, 15) is 9.90 Å². The zero-order valence-electron chi connectivity index (χ0n) is 13.0. The lowest BCUT2D eigenvalue weighted by molar-refractivity contribution is 0.0694. The van der Waals surface area contributed by atoms with Gasteiger partial charge in [0.05, 0.1) is 11.3 Å². The summed E-state index contributed by atoms with van der Waals surface area (Å²) >= 11 is 5.93. The maximum absolute atomic E-state index is 11.3. The topological polar surface area (TPSA) is 59.4 Å². The van der Waals surface area contributed by atoms with Gasteiger partial charge in [-0.2, -0.15) is 0 Å². The predicted molar refractivity (Wildman–Crippen MR) is 86.6 cm³/mol. The largest absolute Gasteiger partial charge is 0.478 e. The van der Waals surface area contributed by atoms with Gasteiger partial charge in [0.1, 0.15) is 5.60 Å². The molecule has 0 saturated carbocycles. The minimum absolute atomic E-state index is 0.0543. The summed E-state index contributed by atoms with van der Waals surface area (Å²) in [6, 6.07) is 3.17. The highest BCUT2D eigenvalue weighted by atomic mass is 35.5. The summed E-state index contributed by atoms with van der Waals surface area (Å²) in [4.78, 5) is 15.8. The number of pyridine rings is 1. The summed E-state index contributed by atoms with van der Waals surface area (Å²) < 4.78 is 5.97. The van der Waals surface area contributed by atoms with Crippen molar-refractivity contribution in [1.82, 2.24) is 4.98 Å². The number of nitrogens with zero attached hydrogens (tertiary/aromatic N) is 1. The average molecular weight is 322 g/mol. The molecule has 0 aromatic carbocycles. The molecule has 0 bridgehead atoms. The Morgan fingerprint density at radius 3 is 2.82 bits per heavy atom. The van der Waals surface area contributed by atoms with E-state index in [2.05, 4.69) is 4.98 Å². The first-order valence-corrected chi connectivity index (χ1v) is 7.70. The standard InChI is InChI=1S/C17H20ClNO3/c1-4-11(2)15-13(16(20)21)5-6-14(19-15)22-17(3)9-7-12(18)8-10-17/h5-9,11H,4,10H2,1-3H3,(H,20,21). The molecule has 2 atom stereocenters. The third-order valence-corrected chi connectivity index (χ3v) is 4.12. The second-order valence-corrected chi connectivity index (χ2v) is 6.17. The molecule has 4 nitrogen and oxygen atoms in total. The van der Waals surface area contributed by atoms with Crippen molar-refractivity contribution >= 4 is 17.6 Å². The maximum Gasteiger partial charge on any atom is 0.337 e. The number of halogens is 1. The molecule has 0 radical (unpaired) electrons. The highest BCUT2D eigenvalue weighted by Crippen LogP contribution is 2.29. The second kappa shape index (κ2) is 6.53. The van der Waals surface area contributed by atoms with Crippen LogP contribution in [0.3, 0.4) is 0 Å². The molecule has 2 unspecified atom stereocenters. The van der Waals surface area contributed by atoms with Gasteiger partial charge in [-0.1, -0.05) is 31.5 Å². The molecule has 1 aliphatic rings. The molecular weight excluding hydrogens is 302 g/mol. The highest BCUT2D eigenvalue weighted by molar-refractivity contribution is 6.31. The fourth-order valence-corrected chi connectivity index (χ4v) is 2.41. The molecule has 1 aliphatic carbocycles. The Morgan fingerprint density at radius 1 is 1.55 bits per heavy atom. The zero-order chi connectivity index (χ0) is 16.3. The van der Waals surface area contributed by atoms with E-state index < -0.39 is 11.6 Å². The van der Waals surface area contributed by atoms with Gasteiger partial charge in [0, 0.05) is 17.5 Å². The smallest absolute Gasteiger partial charge is 0.337 e. The Kier molecular flexibility index (Phi) is 4.91. The summed E-state index contributed by atoms with van der Waals surface area (Å²) in [5, 5.41) is 9.98. The Hall–Kier alpha value is -1.81. The minimum atomic E-state index is -0.965. The van der Waals surface area contributed by atoms with Gasteiger partial charge in [0.2, 0.25) is 5.88 Å². The zero-order valence-corrected chi connectivity index (χ0v) is 13.7. The fraction of sp³-hybridized carbons (Fsp3) is 0.412. The van der Waals surface area contributed by atoms with Crippen LogP contribution >= 0.6 is 11.6 Å². The maximum atomic E-state index is 11.3. The monoisotopic (exact) mass is 321 g/mol. The number of aromatic nitrogens is 1. The van der Waals surface area contributed by atoms with Crippen LogP contribution < -0.4 is 4.74 Å². The van der Waals surface area contributed by atoms with Gasteiger partial charge >= 0.3 is 5.97 Å². The third-order valence-electron chi connectivity index (χ3n) is 3.84. The van der Waals surface area contributed by atoms with E-state index in [1.165, 1.54) is 0 Å². The van der Waals surface area contributed by atoms with Crippen LogP contribution in [0.25, 0.3) is 0 Å². The molecule has 0 fully saturated rings. The first-order valence-electron chi connectivity index (χ1n) is 7.33. The van der Waals surface area contributed by atoms with Gasteiger partial charge in [0.25, 0.3) is 0 Å². The van der Waals surface area contributed by atoms with Gasteiger partial charge < -0.3 is 9.84 Å². The average Bonchev–Trinajstić information content (AvgIpc) is 2.49. The first-order chi connectivity index (χ1) is 10.3. The number of hydrogen-bond acceptors (Lipinski definition) is 3. The third kappa shape index (κ3) is 3.69. The summed E-state index contributed by atoms with van der Waals surface area (Å²) in [7, 11) is 0. The summed E-state index contributed by atoms with van der Waals surface area (Å²) in [5.74, 6) is -0.481. The van der Waals surface area contributed by atoms with Crippen LogP contribution in [-0.4, -0.2) is 21.7 Å². The van der Waals surface area contributed by atoms with Crippen LogP contribution in [0.1, 0.15) is 55.6 Å². The first kappa shape index (κ1) is 16.6. The molecular formula is C17H20ClNO3. The van der Waals surface area contributed by atoms with Crippen LogP contribution in [0.5, 0.6) is 5.88 Å². The van der Waals surface area contributed by atoms with Crippen LogP contribution in [0.15, 0.2) is 35.4 Å². The lowest BCUT2D eigenvalue weighted by Crippen LogP contribution is -2.31. The number of ether oxygens (including phenoxy) is 1. The Balaban J connectivity index is 2.29. The molecule has 1 heterocycles. The predicted octanol–water partition coefficient (Wildman–Crippen LogP) is 4.51. The van der Waals surface area contributed by atoms with E-state index in [0.29, 0.717) is 23.0 Å². The number of aromatic carboxylic acids is 1. The lowest BCUT2D eigenvalue weighted by Gasteiger charge is -2.28. The SMILES string of the molecule is CCC(C)c1nc(OC2(C)C=CC(Cl)=CC2)ccc1C(=O)O.